The number of methoxy groups -OCH3 is 1. The summed E-state index contributed by atoms with van der Waals surface area (Å²) in [6, 6.07) is 8.40. The summed E-state index contributed by atoms with van der Waals surface area (Å²) in [4.78, 5) is 28.9. The highest BCUT2D eigenvalue weighted by molar-refractivity contribution is 5.94. The summed E-state index contributed by atoms with van der Waals surface area (Å²) in [6.45, 7) is 6.54. The number of piperidine rings is 1. The summed E-state index contributed by atoms with van der Waals surface area (Å²) >= 11 is 0. The average Bonchev–Trinajstić information content (AvgIpc) is 3.31. The first kappa shape index (κ1) is 29.1. The van der Waals surface area contributed by atoms with Crippen molar-refractivity contribution in [1.82, 2.24) is 9.80 Å². The third-order valence-corrected chi connectivity index (χ3v) is 9.62. The van der Waals surface area contributed by atoms with Gasteiger partial charge in [-0.3, -0.25) is 14.5 Å². The molecule has 1 spiro atoms. The normalized spacial score (nSPS) is 26.7. The number of halogens is 3. The zero-order chi connectivity index (χ0) is 30.7. The van der Waals surface area contributed by atoms with Crippen molar-refractivity contribution in [2.24, 2.45) is 5.92 Å². The SMILES string of the molecule is C=C(CN1CC[C@]23c4c5ccc(OC)c4O[C@H]2[C@H](N(C)C(=O)C#Cc2ccc(C(F)(F)F)cc2)CC[C@H]3[C@H]1C5)OC(C)=O. The monoisotopic (exact) mass is 594 g/mol. The Kier molecular flexibility index (Phi) is 7.20. The van der Waals surface area contributed by atoms with Crippen molar-refractivity contribution >= 4 is 11.9 Å². The number of carbonyl (C=O) groups is 2. The molecule has 2 fully saturated rings. The van der Waals surface area contributed by atoms with Gasteiger partial charge in [0.25, 0.3) is 5.91 Å². The number of benzene rings is 2. The maximum Gasteiger partial charge on any atom is 0.416 e. The smallest absolute Gasteiger partial charge is 0.416 e. The summed E-state index contributed by atoms with van der Waals surface area (Å²) in [5.41, 5.74) is 1.60. The molecule has 2 aromatic rings. The average molecular weight is 595 g/mol. The molecule has 6 rings (SSSR count). The molecule has 0 N–H and O–H groups in total. The van der Waals surface area contributed by atoms with Gasteiger partial charge in [-0.2, -0.15) is 13.2 Å². The van der Waals surface area contributed by atoms with Crippen molar-refractivity contribution in [2.75, 3.05) is 27.2 Å². The summed E-state index contributed by atoms with van der Waals surface area (Å²) in [5, 5.41) is 0. The number of likely N-dealkylation sites (tertiary alicyclic amines) is 1. The Balaban J connectivity index is 1.29. The standard InChI is InChI=1S/C33H33F3N2O5/c1-19(42-20(2)39)18-38-16-15-32-24-11-12-25(31(32)43-30-27(41-4)13-8-22(29(30)32)17-26(24)38)37(3)28(40)14-7-21-5-9-23(10-6-21)33(34,35)36/h5-6,8-10,13,24-26,31H,1,11-12,15-18H2,2-4H3/t24-,25+,26+,31-,32-/m0/s1. The molecule has 7 nitrogen and oxygen atoms in total. The van der Waals surface area contributed by atoms with Crippen LogP contribution in [-0.4, -0.2) is 67.1 Å². The topological polar surface area (TPSA) is 68.3 Å². The fourth-order valence-electron chi connectivity index (χ4n) is 7.91. The van der Waals surface area contributed by atoms with Crippen LogP contribution >= 0.6 is 0 Å². The zero-order valence-corrected chi connectivity index (χ0v) is 24.3. The van der Waals surface area contributed by atoms with Crippen LogP contribution in [0.5, 0.6) is 11.5 Å². The lowest BCUT2D eigenvalue weighted by Crippen LogP contribution is -2.69. The van der Waals surface area contributed by atoms with E-state index in [1.165, 1.54) is 30.2 Å². The Morgan fingerprint density at radius 2 is 1.93 bits per heavy atom. The third-order valence-electron chi connectivity index (χ3n) is 9.62. The van der Waals surface area contributed by atoms with Crippen molar-refractivity contribution in [3.8, 4) is 23.3 Å². The highest BCUT2D eigenvalue weighted by atomic mass is 19.4. The molecule has 2 aliphatic carbocycles. The number of carbonyl (C=O) groups excluding carboxylic acids is 2. The van der Waals surface area contributed by atoms with E-state index in [0.717, 1.165) is 43.7 Å². The van der Waals surface area contributed by atoms with Gasteiger partial charge in [0, 0.05) is 42.5 Å². The molecule has 2 heterocycles. The molecule has 2 aromatic carbocycles. The molecule has 4 aliphatic rings. The molecule has 1 saturated carbocycles. The van der Waals surface area contributed by atoms with E-state index < -0.39 is 17.6 Å². The maximum atomic E-state index is 13.4. The summed E-state index contributed by atoms with van der Waals surface area (Å²) in [6.07, 6.45) is -1.60. The minimum atomic E-state index is -4.44. The highest BCUT2D eigenvalue weighted by Gasteiger charge is 2.66. The number of hydrogen-bond donors (Lipinski definition) is 0. The van der Waals surface area contributed by atoms with Gasteiger partial charge in [-0.25, -0.2) is 0 Å². The Labute approximate surface area is 248 Å². The van der Waals surface area contributed by atoms with Gasteiger partial charge in [-0.15, -0.1) is 0 Å². The molecule has 1 saturated heterocycles. The quantitative estimate of drug-likeness (QED) is 0.284. The molecule has 10 heteroatoms. The number of nitrogens with zero attached hydrogens (tertiary/aromatic N) is 2. The number of rotatable bonds is 5. The molecule has 2 aliphatic heterocycles. The van der Waals surface area contributed by atoms with E-state index in [-0.39, 0.29) is 35.5 Å². The van der Waals surface area contributed by atoms with Gasteiger partial charge >= 0.3 is 12.1 Å². The minimum absolute atomic E-state index is 0.181. The van der Waals surface area contributed by atoms with Crippen LogP contribution in [0.3, 0.4) is 0 Å². The lowest BCUT2D eigenvalue weighted by Gasteiger charge is -2.60. The molecule has 0 radical (unpaired) electrons. The molecule has 43 heavy (non-hydrogen) atoms. The second kappa shape index (κ2) is 10.6. The molecule has 5 atom stereocenters. The zero-order valence-electron chi connectivity index (χ0n) is 24.3. The summed E-state index contributed by atoms with van der Waals surface area (Å²) in [5.74, 6) is 6.63. The number of likely N-dealkylation sites (N-methyl/N-ethyl adjacent to an activating group) is 1. The van der Waals surface area contributed by atoms with Gasteiger partial charge in [0.1, 0.15) is 11.9 Å². The van der Waals surface area contributed by atoms with E-state index in [1.807, 2.05) is 6.07 Å². The van der Waals surface area contributed by atoms with Crippen molar-refractivity contribution < 1.29 is 37.0 Å². The molecule has 1 amide bonds. The largest absolute Gasteiger partial charge is 0.493 e. The number of esters is 1. The first-order chi connectivity index (χ1) is 20.4. The van der Waals surface area contributed by atoms with Gasteiger partial charge in [0.05, 0.1) is 25.3 Å². The lowest BCUT2D eigenvalue weighted by molar-refractivity contribution is -0.139. The van der Waals surface area contributed by atoms with E-state index in [1.54, 1.807) is 19.1 Å². The van der Waals surface area contributed by atoms with E-state index in [2.05, 4.69) is 29.4 Å². The van der Waals surface area contributed by atoms with Gasteiger partial charge in [-0.1, -0.05) is 18.6 Å². The van der Waals surface area contributed by atoms with E-state index in [9.17, 15) is 22.8 Å². The van der Waals surface area contributed by atoms with Crippen LogP contribution < -0.4 is 9.47 Å². The van der Waals surface area contributed by atoms with Crippen molar-refractivity contribution in [3.05, 3.63) is 71.0 Å². The van der Waals surface area contributed by atoms with Gasteiger partial charge < -0.3 is 19.1 Å². The van der Waals surface area contributed by atoms with Crippen LogP contribution in [0.4, 0.5) is 13.2 Å². The minimum Gasteiger partial charge on any atom is -0.493 e. The maximum absolute atomic E-state index is 13.4. The van der Waals surface area contributed by atoms with Crippen molar-refractivity contribution in [3.63, 3.8) is 0 Å². The van der Waals surface area contributed by atoms with Crippen LogP contribution in [0.1, 0.15) is 48.4 Å². The van der Waals surface area contributed by atoms with Crippen LogP contribution in [0.2, 0.25) is 0 Å². The molecular weight excluding hydrogens is 561 g/mol. The second-order valence-electron chi connectivity index (χ2n) is 11.8. The Bertz CT molecular complexity index is 1540. The third kappa shape index (κ3) is 4.84. The van der Waals surface area contributed by atoms with Crippen LogP contribution in [0, 0.1) is 17.8 Å². The fraction of sp³-hybridized carbons (Fsp3) is 0.455. The number of amides is 1. The lowest BCUT2D eigenvalue weighted by atomic mass is 9.51. The Morgan fingerprint density at radius 1 is 1.19 bits per heavy atom. The molecule has 2 bridgehead atoms. The first-order valence-electron chi connectivity index (χ1n) is 14.4. The van der Waals surface area contributed by atoms with Crippen LogP contribution in [-0.2, 0) is 32.3 Å². The second-order valence-corrected chi connectivity index (χ2v) is 11.8. The molecular formula is C33H33F3N2O5. The Morgan fingerprint density at radius 3 is 2.60 bits per heavy atom. The predicted molar refractivity (Wildman–Crippen MR) is 151 cm³/mol. The highest BCUT2D eigenvalue weighted by Crippen LogP contribution is 2.64. The van der Waals surface area contributed by atoms with E-state index in [4.69, 9.17) is 14.2 Å². The first-order valence-corrected chi connectivity index (χ1v) is 14.4. The van der Waals surface area contributed by atoms with E-state index in [0.29, 0.717) is 30.0 Å². The molecule has 0 aromatic heterocycles. The summed E-state index contributed by atoms with van der Waals surface area (Å²) in [7, 11) is 3.34. The fourth-order valence-corrected chi connectivity index (χ4v) is 7.91. The van der Waals surface area contributed by atoms with Crippen LogP contribution in [0.15, 0.2) is 48.7 Å². The number of ether oxygens (including phenoxy) is 3. The van der Waals surface area contributed by atoms with Gasteiger partial charge in [0.15, 0.2) is 11.5 Å². The number of alkyl halides is 3. The van der Waals surface area contributed by atoms with Gasteiger partial charge in [0.2, 0.25) is 0 Å². The van der Waals surface area contributed by atoms with Crippen molar-refractivity contribution in [2.45, 2.75) is 62.4 Å². The van der Waals surface area contributed by atoms with Gasteiger partial charge in [-0.05, 0) is 74.0 Å². The molecule has 0 unspecified atom stereocenters. The van der Waals surface area contributed by atoms with Crippen molar-refractivity contribution in [1.29, 1.82) is 0 Å². The predicted octanol–water partition coefficient (Wildman–Crippen LogP) is 4.71. The summed E-state index contributed by atoms with van der Waals surface area (Å²) < 4.78 is 56.6. The molecule has 226 valence electrons. The van der Waals surface area contributed by atoms with E-state index >= 15 is 0 Å². The number of hydrogen-bond acceptors (Lipinski definition) is 6. The Hall–Kier alpha value is -3.97. The van der Waals surface area contributed by atoms with Crippen LogP contribution in [0.25, 0.3) is 0 Å².